The molecule has 0 amide bonds. The smallest absolute Gasteiger partial charge is 0.0574 e. The van der Waals surface area contributed by atoms with Crippen molar-refractivity contribution in [3.05, 3.63) is 0 Å². The fourth-order valence-electron chi connectivity index (χ4n) is 3.12. The monoisotopic (exact) mass is 249 g/mol. The van der Waals surface area contributed by atoms with Gasteiger partial charge in [-0.15, -0.1) is 6.42 Å². The van der Waals surface area contributed by atoms with Gasteiger partial charge in [-0.1, -0.05) is 5.92 Å². The molecule has 18 heavy (non-hydrogen) atoms. The second-order valence-corrected chi connectivity index (χ2v) is 5.67. The Balaban J connectivity index is 1.55. The minimum absolute atomic E-state index is 0.700. The van der Waals surface area contributed by atoms with Gasteiger partial charge >= 0.3 is 0 Å². The summed E-state index contributed by atoms with van der Waals surface area (Å²) in [5.41, 5.74) is 0. The zero-order valence-electron chi connectivity index (χ0n) is 11.5. The van der Waals surface area contributed by atoms with Crippen LogP contribution in [0.1, 0.15) is 25.7 Å². The predicted octanol–water partition coefficient (Wildman–Crippen LogP) is 1.02. The molecule has 0 aromatic rings. The predicted molar refractivity (Wildman–Crippen MR) is 76.5 cm³/mol. The van der Waals surface area contributed by atoms with Gasteiger partial charge in [-0.25, -0.2) is 0 Å². The molecule has 0 spiro atoms. The van der Waals surface area contributed by atoms with Gasteiger partial charge < -0.3 is 15.1 Å². The van der Waals surface area contributed by atoms with Crippen molar-refractivity contribution in [2.24, 2.45) is 5.92 Å². The van der Waals surface area contributed by atoms with Crippen LogP contribution in [0.5, 0.6) is 0 Å². The van der Waals surface area contributed by atoms with Crippen LogP contribution in [0.25, 0.3) is 0 Å². The molecule has 0 unspecified atom stereocenters. The van der Waals surface area contributed by atoms with Crippen molar-refractivity contribution >= 4 is 0 Å². The lowest BCUT2D eigenvalue weighted by Gasteiger charge is -2.33. The standard InChI is InChI=1S/C15H27N3/c1-2-7-16-8-13-17-11-5-15(6-12-17)14-18-9-3-4-10-18/h1,15-16H,3-14H2. The lowest BCUT2D eigenvalue weighted by Crippen LogP contribution is -2.40. The number of nitrogens with one attached hydrogen (secondary N) is 1. The molecule has 1 N–H and O–H groups in total. The summed E-state index contributed by atoms with van der Waals surface area (Å²) < 4.78 is 0. The summed E-state index contributed by atoms with van der Waals surface area (Å²) in [7, 11) is 0. The Hall–Kier alpha value is -0.560. The van der Waals surface area contributed by atoms with Gasteiger partial charge in [-0.2, -0.15) is 0 Å². The highest BCUT2D eigenvalue weighted by atomic mass is 15.2. The van der Waals surface area contributed by atoms with Gasteiger partial charge in [0.1, 0.15) is 0 Å². The average Bonchev–Trinajstić information content (AvgIpc) is 2.89. The molecule has 0 aromatic carbocycles. The van der Waals surface area contributed by atoms with Crippen LogP contribution in [-0.2, 0) is 0 Å². The Morgan fingerprint density at radius 3 is 2.44 bits per heavy atom. The summed E-state index contributed by atoms with van der Waals surface area (Å²) in [6.45, 7) is 9.46. The maximum atomic E-state index is 5.21. The highest BCUT2D eigenvalue weighted by molar-refractivity contribution is 4.86. The summed E-state index contributed by atoms with van der Waals surface area (Å²) in [5, 5.41) is 3.27. The number of terminal acetylenes is 1. The Kier molecular flexibility index (Phi) is 5.99. The molecule has 0 aromatic heterocycles. The van der Waals surface area contributed by atoms with Crippen LogP contribution in [-0.4, -0.2) is 62.2 Å². The van der Waals surface area contributed by atoms with Crippen LogP contribution >= 0.6 is 0 Å². The molecule has 2 aliphatic heterocycles. The minimum atomic E-state index is 0.700. The van der Waals surface area contributed by atoms with Crippen LogP contribution < -0.4 is 5.32 Å². The second-order valence-electron chi connectivity index (χ2n) is 5.67. The number of hydrogen-bond acceptors (Lipinski definition) is 3. The van der Waals surface area contributed by atoms with Crippen LogP contribution in [0.15, 0.2) is 0 Å². The molecule has 0 bridgehead atoms. The molecular weight excluding hydrogens is 222 g/mol. The van der Waals surface area contributed by atoms with Gasteiger partial charge in [0, 0.05) is 19.6 Å². The fraction of sp³-hybridized carbons (Fsp3) is 0.867. The van der Waals surface area contributed by atoms with Crippen molar-refractivity contribution in [1.29, 1.82) is 0 Å². The van der Waals surface area contributed by atoms with Crippen LogP contribution in [0.3, 0.4) is 0 Å². The van der Waals surface area contributed by atoms with E-state index in [2.05, 4.69) is 21.0 Å². The third-order valence-corrected chi connectivity index (χ3v) is 4.25. The van der Waals surface area contributed by atoms with Crippen molar-refractivity contribution in [2.45, 2.75) is 25.7 Å². The number of rotatable bonds is 6. The van der Waals surface area contributed by atoms with Crippen molar-refractivity contribution in [3.63, 3.8) is 0 Å². The number of hydrogen-bond donors (Lipinski definition) is 1. The Morgan fingerprint density at radius 2 is 1.78 bits per heavy atom. The summed E-state index contributed by atoms with van der Waals surface area (Å²) >= 11 is 0. The molecule has 2 rings (SSSR count). The maximum absolute atomic E-state index is 5.21. The zero-order chi connectivity index (χ0) is 12.6. The van der Waals surface area contributed by atoms with Gasteiger partial charge in [0.25, 0.3) is 0 Å². The van der Waals surface area contributed by atoms with Crippen LogP contribution in [0.2, 0.25) is 0 Å². The summed E-state index contributed by atoms with van der Waals surface area (Å²) in [5.74, 6) is 3.56. The molecule has 0 aliphatic carbocycles. The topological polar surface area (TPSA) is 18.5 Å². The van der Waals surface area contributed by atoms with Gasteiger partial charge in [-0.3, -0.25) is 0 Å². The van der Waals surface area contributed by atoms with Crippen LogP contribution in [0.4, 0.5) is 0 Å². The second kappa shape index (κ2) is 7.78. The molecule has 2 saturated heterocycles. The van der Waals surface area contributed by atoms with Gasteiger partial charge in [0.15, 0.2) is 0 Å². The van der Waals surface area contributed by atoms with Crippen molar-refractivity contribution in [2.75, 3.05) is 52.4 Å². The Morgan fingerprint density at radius 1 is 1.06 bits per heavy atom. The van der Waals surface area contributed by atoms with Crippen molar-refractivity contribution < 1.29 is 0 Å². The van der Waals surface area contributed by atoms with Crippen molar-refractivity contribution in [1.82, 2.24) is 15.1 Å². The first-order valence-corrected chi connectivity index (χ1v) is 7.47. The van der Waals surface area contributed by atoms with Crippen molar-refractivity contribution in [3.8, 4) is 12.3 Å². The summed E-state index contributed by atoms with van der Waals surface area (Å²) in [6.07, 6.45) is 10.8. The molecule has 2 heterocycles. The molecule has 0 radical (unpaired) electrons. The van der Waals surface area contributed by atoms with E-state index < -0.39 is 0 Å². The molecule has 2 aliphatic rings. The van der Waals surface area contributed by atoms with Crippen LogP contribution in [0, 0.1) is 18.3 Å². The lowest BCUT2D eigenvalue weighted by molar-refractivity contribution is 0.155. The molecule has 0 atom stereocenters. The number of nitrogens with zero attached hydrogens (tertiary/aromatic N) is 2. The van der Waals surface area contributed by atoms with E-state index >= 15 is 0 Å². The normalized spacial score (nSPS) is 23.3. The molecular formula is C15H27N3. The Labute approximate surface area is 112 Å². The summed E-state index contributed by atoms with van der Waals surface area (Å²) in [6, 6.07) is 0. The quantitative estimate of drug-likeness (QED) is 0.560. The first-order valence-electron chi connectivity index (χ1n) is 7.47. The maximum Gasteiger partial charge on any atom is 0.0574 e. The fourth-order valence-corrected chi connectivity index (χ4v) is 3.12. The Bertz CT molecular complexity index is 257. The van der Waals surface area contributed by atoms with Gasteiger partial charge in [-0.05, 0) is 57.8 Å². The average molecular weight is 249 g/mol. The number of piperidine rings is 1. The molecule has 3 heteroatoms. The zero-order valence-corrected chi connectivity index (χ0v) is 11.5. The number of likely N-dealkylation sites (tertiary alicyclic amines) is 2. The van der Waals surface area contributed by atoms with E-state index in [9.17, 15) is 0 Å². The molecule has 102 valence electrons. The first kappa shape index (κ1) is 13.9. The van der Waals surface area contributed by atoms with E-state index in [0.29, 0.717) is 6.54 Å². The highest BCUT2D eigenvalue weighted by Gasteiger charge is 2.22. The summed E-state index contributed by atoms with van der Waals surface area (Å²) in [4.78, 5) is 5.23. The molecule has 3 nitrogen and oxygen atoms in total. The van der Waals surface area contributed by atoms with Gasteiger partial charge in [0.05, 0.1) is 6.54 Å². The lowest BCUT2D eigenvalue weighted by atomic mass is 9.96. The van der Waals surface area contributed by atoms with E-state index in [-0.39, 0.29) is 0 Å². The third-order valence-electron chi connectivity index (χ3n) is 4.25. The largest absolute Gasteiger partial charge is 0.305 e. The van der Waals surface area contributed by atoms with E-state index in [1.165, 1.54) is 58.4 Å². The highest BCUT2D eigenvalue weighted by Crippen LogP contribution is 2.20. The first-order chi connectivity index (χ1) is 8.88. The third kappa shape index (κ3) is 4.61. The minimum Gasteiger partial charge on any atom is -0.305 e. The molecule has 0 saturated carbocycles. The SMILES string of the molecule is C#CCNCCN1CCC(CN2CCCC2)CC1. The van der Waals surface area contributed by atoms with E-state index in [0.717, 1.165) is 19.0 Å². The van der Waals surface area contributed by atoms with E-state index in [4.69, 9.17) is 6.42 Å². The van der Waals surface area contributed by atoms with E-state index in [1.54, 1.807) is 0 Å². The molecule has 2 fully saturated rings. The van der Waals surface area contributed by atoms with Gasteiger partial charge in [0.2, 0.25) is 0 Å². The van der Waals surface area contributed by atoms with E-state index in [1.807, 2.05) is 0 Å².